The molecular formula is C9H15NO2. The Morgan fingerprint density at radius 2 is 2.00 bits per heavy atom. The van der Waals surface area contributed by atoms with Crippen LogP contribution in [0.2, 0.25) is 0 Å². The molecule has 1 spiro atoms. The Morgan fingerprint density at radius 1 is 1.42 bits per heavy atom. The first-order valence-electron chi connectivity index (χ1n) is 4.48. The maximum Gasteiger partial charge on any atom is 0.223 e. The van der Waals surface area contributed by atoms with Crippen LogP contribution in [0.15, 0.2) is 0 Å². The summed E-state index contributed by atoms with van der Waals surface area (Å²) in [7, 11) is 0. The van der Waals surface area contributed by atoms with Crippen molar-refractivity contribution in [2.75, 3.05) is 13.2 Å². The number of hydrogen-bond donors (Lipinski definition) is 1. The Kier molecular flexibility index (Phi) is 1.49. The van der Waals surface area contributed by atoms with Crippen LogP contribution in [-0.4, -0.2) is 19.1 Å². The average molecular weight is 169 g/mol. The molecule has 3 nitrogen and oxygen atoms in total. The van der Waals surface area contributed by atoms with Gasteiger partial charge < -0.3 is 10.5 Å². The molecular weight excluding hydrogens is 154 g/mol. The number of nitrogens with two attached hydrogens (primary N) is 1. The molecule has 2 aliphatic rings. The lowest BCUT2D eigenvalue weighted by Crippen LogP contribution is -2.31. The van der Waals surface area contributed by atoms with Crippen LogP contribution in [0.3, 0.4) is 0 Å². The summed E-state index contributed by atoms with van der Waals surface area (Å²) < 4.78 is 5.27. The summed E-state index contributed by atoms with van der Waals surface area (Å²) in [6.07, 6.45) is 2.98. The molecule has 1 aliphatic heterocycles. The molecule has 0 aromatic carbocycles. The molecule has 2 fully saturated rings. The second kappa shape index (κ2) is 2.22. The molecule has 0 aromatic rings. The molecule has 3 heteroatoms. The predicted octanol–water partition coefficient (Wildman–Crippen LogP) is 0.678. The molecule has 1 aliphatic carbocycles. The number of carbonyl (C=O) groups excluding carboxylic acids is 1. The molecule has 0 radical (unpaired) electrons. The maximum absolute atomic E-state index is 11.1. The summed E-state index contributed by atoms with van der Waals surface area (Å²) >= 11 is 0. The van der Waals surface area contributed by atoms with E-state index in [1.807, 2.05) is 6.92 Å². The molecule has 2 N–H and O–H groups in total. The Balaban J connectivity index is 2.12. The van der Waals surface area contributed by atoms with Gasteiger partial charge in [-0.15, -0.1) is 0 Å². The zero-order chi connectivity index (χ0) is 8.82. The van der Waals surface area contributed by atoms with Gasteiger partial charge in [0.05, 0.1) is 5.41 Å². The SMILES string of the molecule is CC1(C(N)=O)CC12CCOCC2. The highest BCUT2D eigenvalue weighted by Gasteiger charge is 2.67. The van der Waals surface area contributed by atoms with Crippen molar-refractivity contribution in [2.24, 2.45) is 16.6 Å². The van der Waals surface area contributed by atoms with Crippen molar-refractivity contribution in [3.63, 3.8) is 0 Å². The average Bonchev–Trinajstić information content (AvgIpc) is 2.59. The lowest BCUT2D eigenvalue weighted by atomic mass is 9.87. The second-order valence-corrected chi connectivity index (χ2v) is 4.27. The largest absolute Gasteiger partial charge is 0.381 e. The fourth-order valence-corrected chi connectivity index (χ4v) is 2.47. The molecule has 1 amide bonds. The molecule has 68 valence electrons. The zero-order valence-corrected chi connectivity index (χ0v) is 7.43. The van der Waals surface area contributed by atoms with Crippen LogP contribution >= 0.6 is 0 Å². The Bertz CT molecular complexity index is 221. The van der Waals surface area contributed by atoms with Gasteiger partial charge in [0, 0.05) is 13.2 Å². The number of primary amides is 1. The molecule has 0 bridgehead atoms. The van der Waals surface area contributed by atoms with Crippen molar-refractivity contribution in [2.45, 2.75) is 26.2 Å². The number of rotatable bonds is 1. The molecule has 2 rings (SSSR count). The molecule has 0 aromatic heterocycles. The molecule has 1 unspecified atom stereocenters. The van der Waals surface area contributed by atoms with E-state index in [0.717, 1.165) is 32.5 Å². The summed E-state index contributed by atoms with van der Waals surface area (Å²) in [5.74, 6) is -0.135. The van der Waals surface area contributed by atoms with Crippen molar-refractivity contribution in [3.05, 3.63) is 0 Å². The van der Waals surface area contributed by atoms with Crippen LogP contribution in [0, 0.1) is 10.8 Å². The monoisotopic (exact) mass is 169 g/mol. The Morgan fingerprint density at radius 3 is 2.42 bits per heavy atom. The first kappa shape index (κ1) is 8.05. The molecule has 1 saturated heterocycles. The van der Waals surface area contributed by atoms with E-state index in [1.54, 1.807) is 0 Å². The van der Waals surface area contributed by atoms with E-state index in [1.165, 1.54) is 0 Å². The Hall–Kier alpha value is -0.570. The van der Waals surface area contributed by atoms with Crippen molar-refractivity contribution < 1.29 is 9.53 Å². The van der Waals surface area contributed by atoms with Crippen LogP contribution in [-0.2, 0) is 9.53 Å². The van der Waals surface area contributed by atoms with Crippen LogP contribution < -0.4 is 5.73 Å². The lowest BCUT2D eigenvalue weighted by molar-refractivity contribution is -0.124. The highest BCUT2D eigenvalue weighted by Crippen LogP contribution is 2.68. The minimum absolute atomic E-state index is 0.135. The third-order valence-corrected chi connectivity index (χ3v) is 3.73. The van der Waals surface area contributed by atoms with Gasteiger partial charge in [-0.25, -0.2) is 0 Å². The summed E-state index contributed by atoms with van der Waals surface area (Å²) in [4.78, 5) is 11.1. The number of ether oxygens (including phenoxy) is 1. The minimum atomic E-state index is -0.225. The Labute approximate surface area is 72.3 Å². The highest BCUT2D eigenvalue weighted by molar-refractivity contribution is 5.85. The van der Waals surface area contributed by atoms with E-state index < -0.39 is 0 Å². The van der Waals surface area contributed by atoms with Crippen molar-refractivity contribution >= 4 is 5.91 Å². The zero-order valence-electron chi connectivity index (χ0n) is 7.43. The fraction of sp³-hybridized carbons (Fsp3) is 0.889. The number of amides is 1. The summed E-state index contributed by atoms with van der Waals surface area (Å²) in [5.41, 5.74) is 5.34. The maximum atomic E-state index is 11.1. The van der Waals surface area contributed by atoms with Crippen molar-refractivity contribution in [1.82, 2.24) is 0 Å². The van der Waals surface area contributed by atoms with Gasteiger partial charge in [0.25, 0.3) is 0 Å². The summed E-state index contributed by atoms with van der Waals surface area (Å²) in [6.45, 7) is 3.58. The summed E-state index contributed by atoms with van der Waals surface area (Å²) in [5, 5.41) is 0. The van der Waals surface area contributed by atoms with E-state index in [-0.39, 0.29) is 16.7 Å². The summed E-state index contributed by atoms with van der Waals surface area (Å²) in [6, 6.07) is 0. The third-order valence-electron chi connectivity index (χ3n) is 3.73. The van der Waals surface area contributed by atoms with Gasteiger partial charge in [0.2, 0.25) is 5.91 Å². The van der Waals surface area contributed by atoms with E-state index in [4.69, 9.17) is 10.5 Å². The van der Waals surface area contributed by atoms with Gasteiger partial charge in [0.1, 0.15) is 0 Å². The molecule has 1 atom stereocenters. The fourth-order valence-electron chi connectivity index (χ4n) is 2.47. The first-order chi connectivity index (χ1) is 5.61. The minimum Gasteiger partial charge on any atom is -0.381 e. The standard InChI is InChI=1S/C9H15NO2/c1-8(7(10)11)6-9(8)2-4-12-5-3-9/h2-6H2,1H3,(H2,10,11). The van der Waals surface area contributed by atoms with Gasteiger partial charge >= 0.3 is 0 Å². The molecule has 1 saturated carbocycles. The molecule has 12 heavy (non-hydrogen) atoms. The number of hydrogen-bond acceptors (Lipinski definition) is 2. The van der Waals surface area contributed by atoms with E-state index in [0.29, 0.717) is 0 Å². The quantitative estimate of drug-likeness (QED) is 0.627. The smallest absolute Gasteiger partial charge is 0.223 e. The van der Waals surface area contributed by atoms with Crippen LogP contribution in [0.1, 0.15) is 26.2 Å². The van der Waals surface area contributed by atoms with Crippen LogP contribution in [0.5, 0.6) is 0 Å². The van der Waals surface area contributed by atoms with Crippen LogP contribution in [0.25, 0.3) is 0 Å². The van der Waals surface area contributed by atoms with Crippen molar-refractivity contribution in [1.29, 1.82) is 0 Å². The highest BCUT2D eigenvalue weighted by atomic mass is 16.5. The van der Waals surface area contributed by atoms with Gasteiger partial charge in [-0.3, -0.25) is 4.79 Å². The van der Waals surface area contributed by atoms with Gasteiger partial charge in [-0.05, 0) is 24.7 Å². The van der Waals surface area contributed by atoms with Gasteiger partial charge in [-0.1, -0.05) is 6.92 Å². The van der Waals surface area contributed by atoms with Crippen molar-refractivity contribution in [3.8, 4) is 0 Å². The molecule has 1 heterocycles. The lowest BCUT2D eigenvalue weighted by Gasteiger charge is -2.25. The van der Waals surface area contributed by atoms with E-state index in [2.05, 4.69) is 0 Å². The normalized spacial score (nSPS) is 38.1. The van der Waals surface area contributed by atoms with E-state index in [9.17, 15) is 4.79 Å². The number of carbonyl (C=O) groups is 1. The third kappa shape index (κ3) is 0.829. The second-order valence-electron chi connectivity index (χ2n) is 4.27. The van der Waals surface area contributed by atoms with Crippen LogP contribution in [0.4, 0.5) is 0 Å². The topological polar surface area (TPSA) is 52.3 Å². The van der Waals surface area contributed by atoms with Gasteiger partial charge in [0.15, 0.2) is 0 Å². The van der Waals surface area contributed by atoms with Gasteiger partial charge in [-0.2, -0.15) is 0 Å². The van der Waals surface area contributed by atoms with E-state index >= 15 is 0 Å². The first-order valence-corrected chi connectivity index (χ1v) is 4.48. The predicted molar refractivity (Wildman–Crippen MR) is 44.4 cm³/mol.